The smallest absolute Gasteiger partial charge is 0.489 e. The zero-order valence-electron chi connectivity index (χ0n) is 7.77. The fourth-order valence-corrected chi connectivity index (χ4v) is 0.897. The van der Waals surface area contributed by atoms with Crippen molar-refractivity contribution in [2.45, 2.75) is 13.3 Å². The summed E-state index contributed by atoms with van der Waals surface area (Å²) in [4.78, 5) is 3.34. The summed E-state index contributed by atoms with van der Waals surface area (Å²) in [6.07, 6.45) is 1.80. The van der Waals surface area contributed by atoms with Gasteiger partial charge in [0.05, 0.1) is 6.61 Å². The lowest BCUT2D eigenvalue weighted by Crippen LogP contribution is -2.30. The number of hydrogen-bond donors (Lipinski definition) is 2. The van der Waals surface area contributed by atoms with E-state index in [1.54, 1.807) is 0 Å². The van der Waals surface area contributed by atoms with Gasteiger partial charge >= 0.3 is 7.12 Å². The Bertz CT molecular complexity index is 309. The molecule has 0 saturated carbocycles. The van der Waals surface area contributed by atoms with Gasteiger partial charge in [-0.1, -0.05) is 6.92 Å². The van der Waals surface area contributed by atoms with Crippen LogP contribution >= 0.6 is 0 Å². The normalized spacial score (nSPS) is 10.0. The van der Waals surface area contributed by atoms with Gasteiger partial charge in [-0.15, -0.1) is 0 Å². The maximum atomic E-state index is 13.0. The Hall–Kier alpha value is -1.14. The van der Waals surface area contributed by atoms with Gasteiger partial charge in [-0.25, -0.2) is 4.98 Å². The van der Waals surface area contributed by atoms with E-state index in [0.29, 0.717) is 6.61 Å². The lowest BCUT2D eigenvalue weighted by molar-refractivity contribution is 0.297. The van der Waals surface area contributed by atoms with Gasteiger partial charge in [0.15, 0.2) is 5.75 Å². The minimum Gasteiger partial charge on any atom is -0.489 e. The Kier molecular flexibility index (Phi) is 3.85. The lowest BCUT2D eigenvalue weighted by Gasteiger charge is -2.06. The molecule has 0 spiro atoms. The van der Waals surface area contributed by atoms with E-state index < -0.39 is 13.1 Å². The van der Waals surface area contributed by atoms with E-state index in [1.807, 2.05) is 6.92 Å². The monoisotopic (exact) mass is 199 g/mol. The van der Waals surface area contributed by atoms with Crippen LogP contribution in [0.3, 0.4) is 0 Å². The fraction of sp³-hybridized carbons (Fsp3) is 0.375. The van der Waals surface area contributed by atoms with Crippen LogP contribution in [0.2, 0.25) is 0 Å². The van der Waals surface area contributed by atoms with Crippen molar-refractivity contribution in [1.82, 2.24) is 4.98 Å². The van der Waals surface area contributed by atoms with Crippen molar-refractivity contribution >= 4 is 12.6 Å². The first-order valence-electron chi connectivity index (χ1n) is 4.29. The molecule has 0 atom stereocenters. The molecule has 1 aromatic rings. The van der Waals surface area contributed by atoms with Crippen LogP contribution in [0.1, 0.15) is 13.3 Å². The molecule has 1 heterocycles. The molecule has 0 aromatic carbocycles. The van der Waals surface area contributed by atoms with E-state index in [4.69, 9.17) is 14.8 Å². The molecule has 0 aliphatic carbocycles. The van der Waals surface area contributed by atoms with Crippen LogP contribution in [-0.4, -0.2) is 28.8 Å². The molecule has 1 aromatic heterocycles. The molecule has 0 bridgehead atoms. The molecule has 6 heteroatoms. The van der Waals surface area contributed by atoms with Crippen LogP contribution in [-0.2, 0) is 0 Å². The Morgan fingerprint density at radius 1 is 1.57 bits per heavy atom. The van der Waals surface area contributed by atoms with Crippen LogP contribution in [0.4, 0.5) is 4.39 Å². The third kappa shape index (κ3) is 2.68. The maximum Gasteiger partial charge on any atom is 0.490 e. The summed E-state index contributed by atoms with van der Waals surface area (Å²) in [7, 11) is -1.66. The summed E-state index contributed by atoms with van der Waals surface area (Å²) in [5.74, 6) is -0.805. The largest absolute Gasteiger partial charge is 0.490 e. The van der Waals surface area contributed by atoms with Crippen LogP contribution < -0.4 is 10.2 Å². The number of pyridine rings is 1. The molecule has 0 aliphatic heterocycles. The number of rotatable bonds is 4. The van der Waals surface area contributed by atoms with Gasteiger partial charge < -0.3 is 14.8 Å². The quantitative estimate of drug-likeness (QED) is 0.515. The molecule has 0 saturated heterocycles. The zero-order valence-corrected chi connectivity index (χ0v) is 7.77. The molecule has 0 amide bonds. The van der Waals surface area contributed by atoms with E-state index in [1.165, 1.54) is 6.07 Å². The van der Waals surface area contributed by atoms with Gasteiger partial charge in [-0.05, 0) is 12.5 Å². The molecule has 0 unspecified atom stereocenters. The highest BCUT2D eigenvalue weighted by atomic mass is 19.1. The minimum atomic E-state index is -1.66. The summed E-state index contributed by atoms with van der Waals surface area (Å²) in [5.41, 5.74) is 0.109. The first-order chi connectivity index (χ1) is 6.65. The molecule has 1 rings (SSSR count). The molecule has 0 fully saturated rings. The topological polar surface area (TPSA) is 62.6 Å². The van der Waals surface area contributed by atoms with Crippen molar-refractivity contribution < 1.29 is 19.2 Å². The second-order valence-electron chi connectivity index (χ2n) is 2.78. The molecular formula is C8H11BFNO3. The van der Waals surface area contributed by atoms with Gasteiger partial charge in [-0.3, -0.25) is 0 Å². The first kappa shape index (κ1) is 10.9. The van der Waals surface area contributed by atoms with Gasteiger partial charge in [0.1, 0.15) is 0 Å². The molecule has 76 valence electrons. The van der Waals surface area contributed by atoms with Gasteiger partial charge in [-0.2, -0.15) is 4.39 Å². The number of nitrogens with zero attached hydrogens (tertiary/aromatic N) is 1. The third-order valence-corrected chi connectivity index (χ3v) is 1.59. The highest BCUT2D eigenvalue weighted by Crippen LogP contribution is 2.12. The number of hydrogen-bond acceptors (Lipinski definition) is 4. The van der Waals surface area contributed by atoms with Crippen molar-refractivity contribution in [2.24, 2.45) is 0 Å². The summed E-state index contributed by atoms with van der Waals surface area (Å²) in [6.45, 7) is 2.25. The number of ether oxygens (including phenoxy) is 1. The van der Waals surface area contributed by atoms with E-state index in [2.05, 4.69) is 4.98 Å². The van der Waals surface area contributed by atoms with Gasteiger partial charge in [0.2, 0.25) is 0 Å². The Morgan fingerprint density at radius 3 is 2.86 bits per heavy atom. The summed E-state index contributed by atoms with van der Waals surface area (Å²) in [6, 6.07) is 1.22. The second-order valence-corrected chi connectivity index (χ2v) is 2.78. The summed E-state index contributed by atoms with van der Waals surface area (Å²) >= 11 is 0. The summed E-state index contributed by atoms with van der Waals surface area (Å²) < 4.78 is 18.0. The highest BCUT2D eigenvalue weighted by molar-refractivity contribution is 6.58. The van der Waals surface area contributed by atoms with Crippen molar-refractivity contribution in [2.75, 3.05) is 6.61 Å². The molecule has 0 aliphatic rings. The number of aromatic nitrogens is 1. The zero-order chi connectivity index (χ0) is 10.6. The Labute approximate surface area is 81.5 Å². The third-order valence-electron chi connectivity index (χ3n) is 1.59. The van der Waals surface area contributed by atoms with Crippen molar-refractivity contribution in [1.29, 1.82) is 0 Å². The average Bonchev–Trinajstić information content (AvgIpc) is 2.16. The Balaban J connectivity index is 2.85. The van der Waals surface area contributed by atoms with Crippen LogP contribution in [0.5, 0.6) is 5.75 Å². The highest BCUT2D eigenvalue weighted by Gasteiger charge is 2.15. The van der Waals surface area contributed by atoms with Crippen LogP contribution in [0.25, 0.3) is 0 Å². The molecule has 2 N–H and O–H groups in total. The standard InChI is InChI=1S/C8H11BFNO3/c1-2-3-14-7-4-6(9(12)13)5-11-8(7)10/h4-5,12-13H,2-3H2,1H3. The molecule has 4 nitrogen and oxygen atoms in total. The van der Waals surface area contributed by atoms with Crippen molar-refractivity contribution in [3.05, 3.63) is 18.2 Å². The lowest BCUT2D eigenvalue weighted by atomic mass is 9.82. The molecule has 14 heavy (non-hydrogen) atoms. The second kappa shape index (κ2) is 4.92. The van der Waals surface area contributed by atoms with E-state index in [9.17, 15) is 4.39 Å². The van der Waals surface area contributed by atoms with Crippen LogP contribution in [0, 0.1) is 5.95 Å². The van der Waals surface area contributed by atoms with Crippen molar-refractivity contribution in [3.63, 3.8) is 0 Å². The summed E-state index contributed by atoms with van der Waals surface area (Å²) in [5, 5.41) is 17.6. The Morgan fingerprint density at radius 2 is 2.29 bits per heavy atom. The van der Waals surface area contributed by atoms with E-state index >= 15 is 0 Å². The van der Waals surface area contributed by atoms with Gasteiger partial charge in [0.25, 0.3) is 5.95 Å². The van der Waals surface area contributed by atoms with Gasteiger partial charge in [0, 0.05) is 11.7 Å². The average molecular weight is 199 g/mol. The molecule has 0 radical (unpaired) electrons. The predicted molar refractivity (Wildman–Crippen MR) is 49.8 cm³/mol. The van der Waals surface area contributed by atoms with Crippen LogP contribution in [0.15, 0.2) is 12.3 Å². The van der Waals surface area contributed by atoms with E-state index in [0.717, 1.165) is 12.6 Å². The number of halogens is 1. The fourth-order valence-electron chi connectivity index (χ4n) is 0.897. The first-order valence-corrected chi connectivity index (χ1v) is 4.29. The minimum absolute atomic E-state index is 0.0579. The van der Waals surface area contributed by atoms with Crippen molar-refractivity contribution in [3.8, 4) is 5.75 Å². The predicted octanol–water partition coefficient (Wildman–Crippen LogP) is -0.311. The SMILES string of the molecule is CCCOc1cc(B(O)O)cnc1F. The maximum absolute atomic E-state index is 13.0. The molecular weight excluding hydrogens is 188 g/mol. The van der Waals surface area contributed by atoms with E-state index in [-0.39, 0.29) is 11.2 Å².